The Labute approximate surface area is 187 Å². The summed E-state index contributed by atoms with van der Waals surface area (Å²) in [6.07, 6.45) is 4.80. The van der Waals surface area contributed by atoms with Crippen molar-refractivity contribution in [1.29, 1.82) is 5.26 Å². The molecule has 0 amide bonds. The van der Waals surface area contributed by atoms with E-state index in [1.807, 2.05) is 62.6 Å². The molecule has 0 saturated heterocycles. The van der Waals surface area contributed by atoms with E-state index in [2.05, 4.69) is 9.97 Å². The molecule has 1 aromatic carbocycles. The minimum Gasteiger partial charge on any atom is -0.465 e. The highest BCUT2D eigenvalue weighted by atomic mass is 35.5. The Morgan fingerprint density at radius 1 is 1.13 bits per heavy atom. The smallest absolute Gasteiger partial charge is 0.340 e. The van der Waals surface area contributed by atoms with Crippen LogP contribution in [0.1, 0.15) is 49.2 Å². The number of nitrogens with zero attached hydrogens (tertiary/aromatic N) is 4. The summed E-state index contributed by atoms with van der Waals surface area (Å²) in [5, 5.41) is 11.2. The van der Waals surface area contributed by atoms with Gasteiger partial charge in [-0.25, -0.2) is 9.78 Å². The van der Waals surface area contributed by atoms with Gasteiger partial charge in [0.25, 0.3) is 0 Å². The Hall–Kier alpha value is -3.43. The zero-order valence-corrected chi connectivity index (χ0v) is 19.1. The van der Waals surface area contributed by atoms with Crippen LogP contribution in [0.15, 0.2) is 48.9 Å². The summed E-state index contributed by atoms with van der Waals surface area (Å²) in [4.78, 5) is 20.8. The molecule has 3 aromatic heterocycles. The van der Waals surface area contributed by atoms with Gasteiger partial charge in [0.2, 0.25) is 0 Å². The van der Waals surface area contributed by atoms with Crippen molar-refractivity contribution in [2.75, 3.05) is 7.11 Å². The molecule has 31 heavy (non-hydrogen) atoms. The highest BCUT2D eigenvalue weighted by Crippen LogP contribution is 2.24. The number of carbonyl (C=O) groups excluding carboxylic acids is 1. The normalized spacial score (nSPS) is 9.84. The Bertz CT molecular complexity index is 1240. The van der Waals surface area contributed by atoms with E-state index >= 15 is 0 Å². The third-order valence-electron chi connectivity index (χ3n) is 4.31. The van der Waals surface area contributed by atoms with Crippen LogP contribution in [0.2, 0.25) is 5.02 Å². The van der Waals surface area contributed by atoms with Gasteiger partial charge in [0, 0.05) is 35.9 Å². The van der Waals surface area contributed by atoms with E-state index in [0.29, 0.717) is 33.7 Å². The first kappa shape index (κ1) is 23.8. The Balaban J connectivity index is 0.000000807. The topological polar surface area (TPSA) is 80.8 Å². The number of esters is 1. The fourth-order valence-corrected chi connectivity index (χ4v) is 3.24. The summed E-state index contributed by atoms with van der Waals surface area (Å²) >= 11 is 6.04. The van der Waals surface area contributed by atoms with Crippen molar-refractivity contribution >= 4 is 39.5 Å². The van der Waals surface area contributed by atoms with Crippen molar-refractivity contribution in [1.82, 2.24) is 14.5 Å². The van der Waals surface area contributed by atoms with Crippen molar-refractivity contribution in [3.8, 4) is 6.07 Å². The summed E-state index contributed by atoms with van der Waals surface area (Å²) in [6, 6.07) is 11.4. The van der Waals surface area contributed by atoms with Gasteiger partial charge in [-0.15, -0.1) is 0 Å². The van der Waals surface area contributed by atoms with E-state index in [0.717, 1.165) is 16.5 Å². The minimum atomic E-state index is -0.467. The van der Waals surface area contributed by atoms with Gasteiger partial charge in [0.1, 0.15) is 11.7 Å². The van der Waals surface area contributed by atoms with Crippen LogP contribution < -0.4 is 0 Å². The molecule has 0 spiro atoms. The van der Waals surface area contributed by atoms with E-state index in [-0.39, 0.29) is 0 Å². The number of hydrogen-bond donors (Lipinski definition) is 0. The lowest BCUT2D eigenvalue weighted by molar-refractivity contribution is 0.0602. The maximum atomic E-state index is 12.1. The monoisotopic (exact) mass is 436 g/mol. The number of ether oxygens (including phenoxy) is 1. The van der Waals surface area contributed by atoms with Gasteiger partial charge in [0.15, 0.2) is 0 Å². The second-order valence-electron chi connectivity index (χ2n) is 6.05. The molecule has 0 radical (unpaired) electrons. The van der Waals surface area contributed by atoms with Crippen LogP contribution in [-0.2, 0) is 11.3 Å². The van der Waals surface area contributed by atoms with Gasteiger partial charge in [-0.3, -0.25) is 4.98 Å². The average Bonchev–Trinajstić information content (AvgIpc) is 3.18. The van der Waals surface area contributed by atoms with Gasteiger partial charge in [-0.1, -0.05) is 45.4 Å². The van der Waals surface area contributed by atoms with Crippen LogP contribution in [0, 0.1) is 11.3 Å². The van der Waals surface area contributed by atoms with Gasteiger partial charge >= 0.3 is 5.97 Å². The van der Waals surface area contributed by atoms with Crippen molar-refractivity contribution in [2.24, 2.45) is 0 Å². The highest BCUT2D eigenvalue weighted by molar-refractivity contribution is 6.31. The zero-order valence-electron chi connectivity index (χ0n) is 18.3. The van der Waals surface area contributed by atoms with E-state index in [9.17, 15) is 4.79 Å². The van der Waals surface area contributed by atoms with Crippen LogP contribution in [0.4, 0.5) is 0 Å². The largest absolute Gasteiger partial charge is 0.465 e. The predicted octanol–water partition coefficient (Wildman–Crippen LogP) is 6.00. The lowest BCUT2D eigenvalue weighted by Crippen LogP contribution is -2.01. The van der Waals surface area contributed by atoms with Crippen LogP contribution in [-0.4, -0.2) is 27.6 Å². The fourth-order valence-electron chi connectivity index (χ4n) is 3.07. The van der Waals surface area contributed by atoms with E-state index < -0.39 is 5.97 Å². The van der Waals surface area contributed by atoms with E-state index in [1.54, 1.807) is 18.5 Å². The molecule has 0 saturated carbocycles. The number of fused-ring (bicyclic) bond motifs is 2. The first-order valence-corrected chi connectivity index (χ1v) is 10.5. The molecule has 0 fully saturated rings. The van der Waals surface area contributed by atoms with Gasteiger partial charge in [0.05, 0.1) is 28.8 Å². The Kier molecular flexibility index (Phi) is 8.53. The van der Waals surface area contributed by atoms with E-state index in [4.69, 9.17) is 21.6 Å². The first-order chi connectivity index (χ1) is 15.1. The van der Waals surface area contributed by atoms with Crippen LogP contribution >= 0.6 is 11.6 Å². The van der Waals surface area contributed by atoms with Crippen molar-refractivity contribution in [3.63, 3.8) is 0 Å². The van der Waals surface area contributed by atoms with Crippen LogP contribution in [0.25, 0.3) is 21.9 Å². The number of halogens is 1. The molecule has 0 unspecified atom stereocenters. The number of aromatic nitrogens is 3. The molecule has 4 rings (SSSR count). The summed E-state index contributed by atoms with van der Waals surface area (Å²) in [5.41, 5.74) is 3.23. The second-order valence-corrected chi connectivity index (χ2v) is 6.49. The summed E-state index contributed by atoms with van der Waals surface area (Å²) in [5.74, 6) is -0.467. The molecule has 0 bridgehead atoms. The molecule has 3 heterocycles. The molecule has 0 N–H and O–H groups in total. The van der Waals surface area contributed by atoms with Crippen molar-refractivity contribution < 1.29 is 9.53 Å². The third-order valence-corrected chi connectivity index (χ3v) is 4.52. The lowest BCUT2D eigenvalue weighted by Gasteiger charge is -2.06. The third kappa shape index (κ3) is 5.19. The standard InChI is InChI=1S/C20H13ClN4O2.2C2H6/c1-27-20(26)17-11-25(19-16(17)5-13(7-22)8-24-19)10-12-2-3-18-14(4-12)6-15(21)9-23-18;2*1-2/h2-6,8-9,11H,10H2,1H3;2*1-2H3. The van der Waals surface area contributed by atoms with Crippen LogP contribution in [0.5, 0.6) is 0 Å². The van der Waals surface area contributed by atoms with E-state index in [1.165, 1.54) is 13.3 Å². The maximum Gasteiger partial charge on any atom is 0.340 e. The Morgan fingerprint density at radius 2 is 1.87 bits per heavy atom. The molecule has 0 atom stereocenters. The fraction of sp³-hybridized carbons (Fsp3) is 0.250. The van der Waals surface area contributed by atoms with Gasteiger partial charge in [-0.2, -0.15) is 5.26 Å². The molecule has 6 nitrogen and oxygen atoms in total. The predicted molar refractivity (Wildman–Crippen MR) is 124 cm³/mol. The SMILES string of the molecule is CC.CC.COC(=O)c1cn(Cc2ccc3ncc(Cl)cc3c2)c2ncc(C#N)cc12. The molecule has 160 valence electrons. The second kappa shape index (κ2) is 11.1. The molecular formula is C24H25ClN4O2. The number of hydrogen-bond acceptors (Lipinski definition) is 5. The molecule has 4 aromatic rings. The summed E-state index contributed by atoms with van der Waals surface area (Å²) in [7, 11) is 1.33. The highest BCUT2D eigenvalue weighted by Gasteiger charge is 2.17. The quantitative estimate of drug-likeness (QED) is 0.368. The van der Waals surface area contributed by atoms with Crippen molar-refractivity contribution in [2.45, 2.75) is 34.2 Å². The lowest BCUT2D eigenvalue weighted by atomic mass is 10.1. The van der Waals surface area contributed by atoms with Gasteiger partial charge < -0.3 is 9.30 Å². The number of nitriles is 1. The molecule has 7 heteroatoms. The first-order valence-electron chi connectivity index (χ1n) is 10.1. The van der Waals surface area contributed by atoms with Crippen molar-refractivity contribution in [3.05, 3.63) is 70.6 Å². The molecule has 0 aliphatic carbocycles. The number of pyridine rings is 2. The number of carbonyl (C=O) groups is 1. The maximum absolute atomic E-state index is 12.1. The minimum absolute atomic E-state index is 0.377. The average molecular weight is 437 g/mol. The van der Waals surface area contributed by atoms with Crippen LogP contribution in [0.3, 0.4) is 0 Å². The number of methoxy groups -OCH3 is 1. The summed E-state index contributed by atoms with van der Waals surface area (Å²) in [6.45, 7) is 8.49. The number of benzene rings is 1. The number of rotatable bonds is 3. The molecular weight excluding hydrogens is 412 g/mol. The Morgan fingerprint density at radius 3 is 2.55 bits per heavy atom. The summed E-state index contributed by atoms with van der Waals surface area (Å²) < 4.78 is 6.73. The zero-order chi connectivity index (χ0) is 23.0. The molecule has 0 aliphatic heterocycles. The molecule has 0 aliphatic rings. The van der Waals surface area contributed by atoms with Gasteiger partial charge in [-0.05, 0) is 29.8 Å².